The molecular formula is C22H26N2O4S2. The molecule has 3 rings (SSSR count). The molecule has 0 spiro atoms. The molecule has 0 atom stereocenters. The van der Waals surface area contributed by atoms with Gasteiger partial charge in [0.2, 0.25) is 10.0 Å². The Morgan fingerprint density at radius 2 is 1.67 bits per heavy atom. The standard InChI is InChI=1S/C22H26N2O4S2/c1-14-10-15(2)21(16(3)11-14)30(25,26)23-9-8-18-13-29-22(24-18)17-6-7-19(27-4)20(12-17)28-5/h6-7,10-13,23H,8-9H2,1-5H3. The fraction of sp³-hybridized carbons (Fsp3) is 0.318. The minimum atomic E-state index is -3.58. The number of nitrogens with zero attached hydrogens (tertiary/aromatic N) is 1. The molecule has 0 amide bonds. The first-order valence-electron chi connectivity index (χ1n) is 9.49. The monoisotopic (exact) mass is 446 g/mol. The van der Waals surface area contributed by atoms with Crippen molar-refractivity contribution in [2.24, 2.45) is 0 Å². The molecule has 160 valence electrons. The highest BCUT2D eigenvalue weighted by Crippen LogP contribution is 2.33. The van der Waals surface area contributed by atoms with Gasteiger partial charge < -0.3 is 9.47 Å². The molecule has 30 heavy (non-hydrogen) atoms. The van der Waals surface area contributed by atoms with Crippen LogP contribution in [0.3, 0.4) is 0 Å². The Kier molecular flexibility index (Phi) is 6.80. The summed E-state index contributed by atoms with van der Waals surface area (Å²) in [5, 5.41) is 2.79. The summed E-state index contributed by atoms with van der Waals surface area (Å²) in [5.41, 5.74) is 4.32. The lowest BCUT2D eigenvalue weighted by molar-refractivity contribution is 0.355. The Morgan fingerprint density at radius 3 is 2.30 bits per heavy atom. The second-order valence-corrected chi connectivity index (χ2v) is 9.65. The quantitative estimate of drug-likeness (QED) is 0.559. The molecule has 0 radical (unpaired) electrons. The molecule has 0 aliphatic heterocycles. The maximum absolute atomic E-state index is 12.8. The Balaban J connectivity index is 1.69. The fourth-order valence-corrected chi connectivity index (χ4v) is 5.83. The van der Waals surface area contributed by atoms with E-state index in [1.165, 1.54) is 11.3 Å². The number of rotatable bonds is 8. The van der Waals surface area contributed by atoms with Gasteiger partial charge in [0.15, 0.2) is 11.5 Å². The molecule has 0 bridgehead atoms. The highest BCUT2D eigenvalue weighted by molar-refractivity contribution is 7.89. The van der Waals surface area contributed by atoms with Gasteiger partial charge in [0.1, 0.15) is 5.01 Å². The van der Waals surface area contributed by atoms with Gasteiger partial charge in [0, 0.05) is 23.9 Å². The summed E-state index contributed by atoms with van der Waals surface area (Å²) in [6.07, 6.45) is 0.507. The van der Waals surface area contributed by atoms with Crippen molar-refractivity contribution in [2.75, 3.05) is 20.8 Å². The van der Waals surface area contributed by atoms with E-state index < -0.39 is 10.0 Å². The maximum atomic E-state index is 12.8. The minimum Gasteiger partial charge on any atom is -0.493 e. The van der Waals surface area contributed by atoms with Gasteiger partial charge >= 0.3 is 0 Å². The van der Waals surface area contributed by atoms with E-state index in [2.05, 4.69) is 9.71 Å². The van der Waals surface area contributed by atoms with E-state index >= 15 is 0 Å². The van der Waals surface area contributed by atoms with E-state index in [-0.39, 0.29) is 6.54 Å². The topological polar surface area (TPSA) is 77.5 Å². The van der Waals surface area contributed by atoms with Gasteiger partial charge in [0.05, 0.1) is 24.8 Å². The van der Waals surface area contributed by atoms with E-state index in [9.17, 15) is 8.42 Å². The van der Waals surface area contributed by atoms with Crippen LogP contribution in [0.5, 0.6) is 11.5 Å². The van der Waals surface area contributed by atoms with Crippen molar-refractivity contribution in [2.45, 2.75) is 32.1 Å². The molecule has 0 saturated heterocycles. The third kappa shape index (κ3) is 4.83. The van der Waals surface area contributed by atoms with Gasteiger partial charge in [-0.1, -0.05) is 17.7 Å². The summed E-state index contributed by atoms with van der Waals surface area (Å²) in [4.78, 5) is 5.00. The van der Waals surface area contributed by atoms with Crippen molar-refractivity contribution in [1.82, 2.24) is 9.71 Å². The van der Waals surface area contributed by atoms with Gasteiger partial charge in [0.25, 0.3) is 0 Å². The summed E-state index contributed by atoms with van der Waals surface area (Å²) in [6.45, 7) is 5.89. The fourth-order valence-electron chi connectivity index (χ4n) is 3.50. The molecule has 1 aromatic heterocycles. The zero-order valence-corrected chi connectivity index (χ0v) is 19.4. The number of aromatic nitrogens is 1. The summed E-state index contributed by atoms with van der Waals surface area (Å²) in [6, 6.07) is 9.42. The normalized spacial score (nSPS) is 11.5. The van der Waals surface area contributed by atoms with Crippen LogP contribution in [-0.2, 0) is 16.4 Å². The second kappa shape index (κ2) is 9.16. The van der Waals surface area contributed by atoms with Crippen molar-refractivity contribution < 1.29 is 17.9 Å². The van der Waals surface area contributed by atoms with Crippen LogP contribution in [0.2, 0.25) is 0 Å². The van der Waals surface area contributed by atoms with Crippen LogP contribution in [0.25, 0.3) is 10.6 Å². The Hall–Kier alpha value is -2.42. The van der Waals surface area contributed by atoms with Crippen molar-refractivity contribution in [1.29, 1.82) is 0 Å². The Morgan fingerprint density at radius 1 is 1.00 bits per heavy atom. The highest BCUT2D eigenvalue weighted by atomic mass is 32.2. The first kappa shape index (κ1) is 22.3. The number of sulfonamides is 1. The summed E-state index contributed by atoms with van der Waals surface area (Å²) in [5.74, 6) is 1.30. The summed E-state index contributed by atoms with van der Waals surface area (Å²) >= 11 is 1.51. The predicted octanol–water partition coefficient (Wildman–Crippen LogP) is 4.27. The zero-order chi connectivity index (χ0) is 21.9. The first-order chi connectivity index (χ1) is 14.2. The van der Waals surface area contributed by atoms with Crippen LogP contribution in [0, 0.1) is 20.8 Å². The molecule has 0 unspecified atom stereocenters. The van der Waals surface area contributed by atoms with E-state index in [4.69, 9.17) is 9.47 Å². The number of hydrogen-bond acceptors (Lipinski definition) is 6. The van der Waals surface area contributed by atoms with Crippen LogP contribution >= 0.6 is 11.3 Å². The molecule has 1 heterocycles. The molecule has 3 aromatic rings. The molecule has 0 fully saturated rings. The number of ether oxygens (including phenoxy) is 2. The second-order valence-electron chi connectivity index (χ2n) is 7.09. The number of benzene rings is 2. The Bertz CT molecular complexity index is 1130. The van der Waals surface area contributed by atoms with Crippen LogP contribution < -0.4 is 14.2 Å². The SMILES string of the molecule is COc1ccc(-c2nc(CCNS(=O)(=O)c3c(C)cc(C)cc3C)cs2)cc1OC. The number of nitrogens with one attached hydrogen (secondary N) is 1. The van der Waals surface area contributed by atoms with E-state index in [0.29, 0.717) is 22.8 Å². The molecule has 0 aliphatic carbocycles. The van der Waals surface area contributed by atoms with E-state index in [0.717, 1.165) is 33.0 Å². The lowest BCUT2D eigenvalue weighted by atomic mass is 10.1. The average Bonchev–Trinajstić information content (AvgIpc) is 3.15. The number of hydrogen-bond donors (Lipinski definition) is 1. The van der Waals surface area contributed by atoms with Crippen LogP contribution in [0.4, 0.5) is 0 Å². The third-order valence-corrected chi connectivity index (χ3v) is 7.43. The van der Waals surface area contributed by atoms with Gasteiger partial charge in [-0.3, -0.25) is 0 Å². The predicted molar refractivity (Wildman–Crippen MR) is 120 cm³/mol. The summed E-state index contributed by atoms with van der Waals surface area (Å²) in [7, 11) is -0.383. The van der Waals surface area contributed by atoms with Crippen molar-refractivity contribution in [3.63, 3.8) is 0 Å². The van der Waals surface area contributed by atoms with Crippen molar-refractivity contribution in [3.8, 4) is 22.1 Å². The molecule has 0 aliphatic rings. The summed E-state index contributed by atoms with van der Waals surface area (Å²) < 4.78 is 38.9. The number of aryl methyl sites for hydroxylation is 3. The van der Waals surface area contributed by atoms with Crippen molar-refractivity contribution >= 4 is 21.4 Å². The maximum Gasteiger partial charge on any atom is 0.241 e. The van der Waals surface area contributed by atoms with Gasteiger partial charge in [-0.25, -0.2) is 18.1 Å². The molecule has 0 saturated carbocycles. The molecule has 1 N–H and O–H groups in total. The zero-order valence-electron chi connectivity index (χ0n) is 17.8. The van der Waals surface area contributed by atoms with Crippen LogP contribution in [0.15, 0.2) is 40.6 Å². The van der Waals surface area contributed by atoms with Crippen LogP contribution in [-0.4, -0.2) is 34.2 Å². The smallest absolute Gasteiger partial charge is 0.241 e. The first-order valence-corrected chi connectivity index (χ1v) is 11.9. The van der Waals surface area contributed by atoms with Crippen LogP contribution in [0.1, 0.15) is 22.4 Å². The van der Waals surface area contributed by atoms with Gasteiger partial charge in [-0.05, 0) is 50.1 Å². The molecular weight excluding hydrogens is 420 g/mol. The molecule has 6 nitrogen and oxygen atoms in total. The van der Waals surface area contributed by atoms with Gasteiger partial charge in [-0.2, -0.15) is 0 Å². The molecule has 8 heteroatoms. The third-order valence-electron chi connectivity index (χ3n) is 4.73. The average molecular weight is 447 g/mol. The van der Waals surface area contributed by atoms with Gasteiger partial charge in [-0.15, -0.1) is 11.3 Å². The Labute approximate surface area is 181 Å². The lowest BCUT2D eigenvalue weighted by Gasteiger charge is -2.12. The number of thiazole rings is 1. The number of methoxy groups -OCH3 is 2. The van der Waals surface area contributed by atoms with E-state index in [1.807, 2.05) is 56.5 Å². The highest BCUT2D eigenvalue weighted by Gasteiger charge is 2.19. The van der Waals surface area contributed by atoms with E-state index in [1.54, 1.807) is 14.2 Å². The largest absolute Gasteiger partial charge is 0.493 e. The van der Waals surface area contributed by atoms with Crippen molar-refractivity contribution in [3.05, 3.63) is 58.1 Å². The molecule has 2 aromatic carbocycles. The minimum absolute atomic E-state index is 0.282. The lowest BCUT2D eigenvalue weighted by Crippen LogP contribution is -2.27.